The fourth-order valence-corrected chi connectivity index (χ4v) is 2.31. The van der Waals surface area contributed by atoms with Crippen LogP contribution in [0.15, 0.2) is 24.3 Å². The predicted molar refractivity (Wildman–Crippen MR) is 90.0 cm³/mol. The van der Waals surface area contributed by atoms with Crippen LogP contribution in [0, 0.1) is 41.5 Å². The molecule has 0 aliphatic heterocycles. The van der Waals surface area contributed by atoms with E-state index >= 15 is 0 Å². The standard InChI is InChI=1S/2C10H12O2.Hg/c2*1-6-4-9(10(11)12)5-7(2)8(6)3;/h2*4-5H,1-3H3,(H,11,12);/q;;+2/p-2. The van der Waals surface area contributed by atoms with Crippen LogP contribution in [0.3, 0.4) is 0 Å². The fraction of sp³-hybridized carbons (Fsp3) is 0.300. The number of aromatic carboxylic acids is 2. The minimum absolute atomic E-state index is 0. The number of rotatable bonds is 2. The van der Waals surface area contributed by atoms with Crippen molar-refractivity contribution in [2.24, 2.45) is 0 Å². The van der Waals surface area contributed by atoms with Gasteiger partial charge >= 0.3 is 27.7 Å². The molecule has 2 aromatic rings. The number of carboxylic acids is 2. The number of hydrogen-bond donors (Lipinski definition) is 0. The normalized spacial score (nSPS) is 9.52. The second-order valence-electron chi connectivity index (χ2n) is 6.04. The van der Waals surface area contributed by atoms with E-state index in [4.69, 9.17) is 0 Å². The molecule has 0 bridgehead atoms. The molecule has 128 valence electrons. The first kappa shape index (κ1) is 23.3. The van der Waals surface area contributed by atoms with Crippen molar-refractivity contribution >= 4 is 11.9 Å². The second-order valence-corrected chi connectivity index (χ2v) is 6.04. The molecule has 4 nitrogen and oxygen atoms in total. The summed E-state index contributed by atoms with van der Waals surface area (Å²) in [6.45, 7) is 11.5. The average molecular weight is 527 g/mol. The van der Waals surface area contributed by atoms with Crippen LogP contribution >= 0.6 is 0 Å². The monoisotopic (exact) mass is 528 g/mol. The van der Waals surface area contributed by atoms with Gasteiger partial charge in [0.15, 0.2) is 0 Å². The van der Waals surface area contributed by atoms with Crippen molar-refractivity contribution in [3.8, 4) is 0 Å². The van der Waals surface area contributed by atoms with Crippen molar-refractivity contribution in [1.29, 1.82) is 0 Å². The van der Waals surface area contributed by atoms with E-state index in [0.29, 0.717) is 0 Å². The van der Waals surface area contributed by atoms with Crippen LogP contribution in [0.1, 0.15) is 54.1 Å². The number of hydrogen-bond acceptors (Lipinski definition) is 4. The number of aryl methyl sites for hydroxylation is 4. The van der Waals surface area contributed by atoms with Gasteiger partial charge in [-0.05, 0) is 110 Å². The van der Waals surface area contributed by atoms with Crippen LogP contribution in [0.25, 0.3) is 0 Å². The Bertz CT molecular complexity index is 681. The molecule has 0 heterocycles. The zero-order chi connectivity index (χ0) is 18.6. The van der Waals surface area contributed by atoms with E-state index in [0.717, 1.165) is 33.4 Å². The van der Waals surface area contributed by atoms with E-state index in [1.54, 1.807) is 24.3 Å². The third kappa shape index (κ3) is 6.27. The Morgan fingerprint density at radius 1 is 0.600 bits per heavy atom. The summed E-state index contributed by atoms with van der Waals surface area (Å²) >= 11 is 0. The maximum atomic E-state index is 10.5. The Kier molecular flexibility index (Phi) is 9.05. The van der Waals surface area contributed by atoms with Crippen molar-refractivity contribution in [2.75, 3.05) is 0 Å². The maximum absolute atomic E-state index is 10.5. The Morgan fingerprint density at radius 2 is 0.800 bits per heavy atom. The van der Waals surface area contributed by atoms with Gasteiger partial charge in [-0.1, -0.05) is 0 Å². The van der Waals surface area contributed by atoms with Crippen LogP contribution in [0.2, 0.25) is 0 Å². The minimum atomic E-state index is -1.11. The van der Waals surface area contributed by atoms with Gasteiger partial charge < -0.3 is 19.8 Å². The Morgan fingerprint density at radius 3 is 0.960 bits per heavy atom. The van der Waals surface area contributed by atoms with E-state index in [9.17, 15) is 19.8 Å². The molecule has 0 saturated carbocycles. The van der Waals surface area contributed by atoms with E-state index in [1.165, 1.54) is 0 Å². The third-order valence-corrected chi connectivity index (χ3v) is 4.33. The summed E-state index contributed by atoms with van der Waals surface area (Å²) in [5, 5.41) is 21.0. The van der Waals surface area contributed by atoms with Gasteiger partial charge in [0.05, 0.1) is 11.9 Å². The zero-order valence-corrected chi connectivity index (χ0v) is 21.1. The first-order valence-corrected chi connectivity index (χ1v) is 7.63. The number of carboxylic acid groups (broad SMARTS) is 2. The summed E-state index contributed by atoms with van der Waals surface area (Å²) in [4.78, 5) is 21.0. The molecular formula is C20H22HgO4. The number of benzene rings is 2. The zero-order valence-electron chi connectivity index (χ0n) is 15.6. The van der Waals surface area contributed by atoms with Gasteiger partial charge in [0.2, 0.25) is 0 Å². The smallest absolute Gasteiger partial charge is 0.545 e. The molecule has 25 heavy (non-hydrogen) atoms. The van der Waals surface area contributed by atoms with Gasteiger partial charge in [-0.15, -0.1) is 0 Å². The van der Waals surface area contributed by atoms with Gasteiger partial charge in [0.1, 0.15) is 0 Å². The molecule has 0 saturated heterocycles. The molecule has 0 aliphatic carbocycles. The van der Waals surface area contributed by atoms with Crippen LogP contribution in [-0.2, 0) is 27.7 Å². The average Bonchev–Trinajstić information content (AvgIpc) is 2.49. The maximum Gasteiger partial charge on any atom is 2.00 e. The van der Waals surface area contributed by atoms with Crippen LogP contribution in [0.5, 0.6) is 0 Å². The van der Waals surface area contributed by atoms with Crippen LogP contribution in [-0.4, -0.2) is 11.9 Å². The molecule has 0 fully saturated rings. The van der Waals surface area contributed by atoms with E-state index in [-0.39, 0.29) is 38.8 Å². The summed E-state index contributed by atoms with van der Waals surface area (Å²) in [6.07, 6.45) is 0. The van der Waals surface area contributed by atoms with Crippen LogP contribution in [0.4, 0.5) is 0 Å². The van der Waals surface area contributed by atoms with Crippen molar-refractivity contribution in [3.05, 3.63) is 68.8 Å². The largest absolute Gasteiger partial charge is 2.00 e. The molecule has 2 rings (SSSR count). The van der Waals surface area contributed by atoms with E-state index in [2.05, 4.69) is 0 Å². The molecule has 0 spiro atoms. The van der Waals surface area contributed by atoms with Gasteiger partial charge in [0.25, 0.3) is 0 Å². The van der Waals surface area contributed by atoms with E-state index < -0.39 is 11.9 Å². The summed E-state index contributed by atoms with van der Waals surface area (Å²) < 4.78 is 0. The SMILES string of the molecule is Cc1cc(C(=O)[O-])cc(C)c1C.Cc1cc(C(=O)[O-])cc(C)c1C.[Hg+2]. The quantitative estimate of drug-likeness (QED) is 0.560. The predicted octanol–water partition coefficient (Wildman–Crippen LogP) is 1.95. The number of carbonyl (C=O) groups excluding carboxylic acids is 2. The minimum Gasteiger partial charge on any atom is -0.545 e. The number of carbonyl (C=O) groups is 2. The third-order valence-electron chi connectivity index (χ3n) is 4.33. The van der Waals surface area contributed by atoms with Crippen LogP contribution < -0.4 is 10.2 Å². The molecule has 2 aromatic carbocycles. The summed E-state index contributed by atoms with van der Waals surface area (Å²) in [5.74, 6) is -2.22. The molecule has 0 aliphatic rings. The molecule has 5 heteroatoms. The Labute approximate surface area is 169 Å². The van der Waals surface area contributed by atoms with Gasteiger partial charge in [-0.25, -0.2) is 0 Å². The molecule has 0 aromatic heterocycles. The van der Waals surface area contributed by atoms with Gasteiger partial charge in [-0.3, -0.25) is 0 Å². The molecule has 0 unspecified atom stereocenters. The van der Waals surface area contributed by atoms with Gasteiger partial charge in [0, 0.05) is 0 Å². The van der Waals surface area contributed by atoms with Crippen molar-refractivity contribution in [3.63, 3.8) is 0 Å². The molecular weight excluding hydrogens is 505 g/mol. The van der Waals surface area contributed by atoms with Crippen molar-refractivity contribution in [1.82, 2.24) is 0 Å². The summed E-state index contributed by atoms with van der Waals surface area (Å²) in [7, 11) is 0. The first-order valence-electron chi connectivity index (χ1n) is 7.63. The Hall–Kier alpha value is -1.68. The topological polar surface area (TPSA) is 80.3 Å². The van der Waals surface area contributed by atoms with Crippen molar-refractivity contribution in [2.45, 2.75) is 41.5 Å². The van der Waals surface area contributed by atoms with Crippen molar-refractivity contribution < 1.29 is 47.5 Å². The first-order chi connectivity index (χ1) is 11.0. The van der Waals surface area contributed by atoms with Gasteiger partial charge in [-0.2, -0.15) is 0 Å². The summed E-state index contributed by atoms with van der Waals surface area (Å²) in [5.41, 5.74) is 6.78. The second kappa shape index (κ2) is 9.71. The molecule has 0 atom stereocenters. The Balaban J connectivity index is 0.000000443. The fourth-order valence-electron chi connectivity index (χ4n) is 2.31. The van der Waals surface area contributed by atoms with E-state index in [1.807, 2.05) is 41.5 Å². The molecule has 0 amide bonds. The summed E-state index contributed by atoms with van der Waals surface area (Å²) in [6, 6.07) is 6.55. The molecule has 0 radical (unpaired) electrons. The molecule has 0 N–H and O–H groups in total.